The number of unbranched alkanes of at least 4 members (excludes halogenated alkanes) is 3. The molecule has 0 aliphatic rings. The van der Waals surface area contributed by atoms with Gasteiger partial charge < -0.3 is 19.6 Å². The first-order valence-corrected chi connectivity index (χ1v) is 11.9. The molecular weight excluding hydrogens is 360 g/mol. The van der Waals surface area contributed by atoms with E-state index in [2.05, 4.69) is 56.2 Å². The third kappa shape index (κ3) is 14.2. The Balaban J connectivity index is 0. The Morgan fingerprint density at radius 3 is 1.17 bits per heavy atom. The first-order chi connectivity index (χ1) is 13.8. The molecule has 0 saturated heterocycles. The highest BCUT2D eigenvalue weighted by atomic mass is 15.4. The number of nitrogens with zero attached hydrogens (tertiary/aromatic N) is 4. The Morgan fingerprint density at radius 1 is 0.517 bits per heavy atom. The van der Waals surface area contributed by atoms with E-state index in [1.54, 1.807) is 0 Å². The summed E-state index contributed by atoms with van der Waals surface area (Å²) in [5, 5.41) is 16.0. The van der Waals surface area contributed by atoms with Gasteiger partial charge in [0.15, 0.2) is 11.9 Å². The van der Waals surface area contributed by atoms with Crippen molar-refractivity contribution in [1.29, 1.82) is 10.8 Å². The second-order valence-electron chi connectivity index (χ2n) is 7.75. The van der Waals surface area contributed by atoms with Crippen molar-refractivity contribution in [2.45, 2.75) is 86.5 Å². The molecule has 0 aliphatic heterocycles. The number of nitrogens with one attached hydrogen (secondary N) is 2. The minimum atomic E-state index is 0.645. The van der Waals surface area contributed by atoms with Crippen molar-refractivity contribution in [3.8, 4) is 0 Å². The molecule has 174 valence electrons. The van der Waals surface area contributed by atoms with Gasteiger partial charge >= 0.3 is 0 Å². The zero-order valence-electron chi connectivity index (χ0n) is 21.0. The fourth-order valence-corrected chi connectivity index (χ4v) is 2.97. The predicted molar refractivity (Wildman–Crippen MR) is 130 cm³/mol. The minimum Gasteiger partial charge on any atom is -0.349 e. The molecule has 0 aromatic carbocycles. The van der Waals surface area contributed by atoms with Crippen LogP contribution in [-0.4, -0.2) is 84.9 Å². The lowest BCUT2D eigenvalue weighted by molar-refractivity contribution is 0.322. The van der Waals surface area contributed by atoms with Crippen LogP contribution in [0.1, 0.15) is 86.5 Å². The Labute approximate surface area is 182 Å². The maximum Gasteiger partial charge on any atom is 0.193 e. The highest BCUT2D eigenvalue weighted by Gasteiger charge is 2.13. The monoisotopic (exact) mass is 412 g/mol. The number of hydrogen-bond donors (Lipinski definition) is 2. The summed E-state index contributed by atoms with van der Waals surface area (Å²) in [6.45, 7) is 18.9. The molecule has 0 aliphatic carbocycles. The first kappa shape index (κ1) is 29.7. The lowest BCUT2D eigenvalue weighted by Gasteiger charge is -2.32. The van der Waals surface area contributed by atoms with Crippen LogP contribution in [0.3, 0.4) is 0 Å². The molecule has 0 amide bonds. The van der Waals surface area contributed by atoms with E-state index in [-0.39, 0.29) is 0 Å². The van der Waals surface area contributed by atoms with Gasteiger partial charge in [-0.3, -0.25) is 10.8 Å². The predicted octanol–water partition coefficient (Wildman–Crippen LogP) is 5.16. The second-order valence-corrected chi connectivity index (χ2v) is 7.75. The summed E-state index contributed by atoms with van der Waals surface area (Å²) < 4.78 is 0. The first-order valence-electron chi connectivity index (χ1n) is 11.9. The fourth-order valence-electron chi connectivity index (χ4n) is 2.97. The van der Waals surface area contributed by atoms with E-state index in [0.29, 0.717) is 11.9 Å². The maximum atomic E-state index is 8.14. The van der Waals surface area contributed by atoms with Crippen LogP contribution in [-0.2, 0) is 0 Å². The van der Waals surface area contributed by atoms with Gasteiger partial charge in [-0.1, -0.05) is 47.0 Å². The molecule has 0 bridgehead atoms. The van der Waals surface area contributed by atoms with Crippen LogP contribution in [0.15, 0.2) is 0 Å². The summed E-state index contributed by atoms with van der Waals surface area (Å²) in [4.78, 5) is 8.38. The molecule has 0 unspecified atom stereocenters. The van der Waals surface area contributed by atoms with E-state index in [0.717, 1.165) is 45.7 Å². The number of guanidine groups is 2. The van der Waals surface area contributed by atoms with Crippen molar-refractivity contribution in [2.75, 3.05) is 53.4 Å². The van der Waals surface area contributed by atoms with Crippen molar-refractivity contribution < 1.29 is 0 Å². The van der Waals surface area contributed by atoms with Crippen molar-refractivity contribution >= 4 is 11.9 Å². The van der Waals surface area contributed by atoms with E-state index in [1.165, 1.54) is 38.5 Å². The number of rotatable bonds is 13. The summed E-state index contributed by atoms with van der Waals surface area (Å²) in [6, 6.07) is 0. The van der Waals surface area contributed by atoms with Gasteiger partial charge in [-0.05, 0) is 39.5 Å². The Kier molecular flexibility index (Phi) is 20.3. The smallest absolute Gasteiger partial charge is 0.193 e. The summed E-state index contributed by atoms with van der Waals surface area (Å²) in [5.74, 6) is 1.35. The molecule has 6 nitrogen and oxygen atoms in total. The standard InChI is InChI=1S/C12H27N3.C11H25N3/c1-5-9-11-15(10-6-2)12(13)14(7-3)8-4;1-5-7-9-14(10-8-6-2)11(12)13(3)4/h13H,5-11H2,1-4H3;12H,5-10H2,1-4H3. The fraction of sp³-hybridized carbons (Fsp3) is 0.913. The van der Waals surface area contributed by atoms with Crippen molar-refractivity contribution in [2.24, 2.45) is 0 Å². The van der Waals surface area contributed by atoms with Crippen LogP contribution < -0.4 is 0 Å². The SMILES string of the molecule is CCCCN(CCC)C(=N)N(CC)CC.CCCCN(CCCC)C(=N)N(C)C. The van der Waals surface area contributed by atoms with E-state index in [4.69, 9.17) is 10.8 Å². The quantitative estimate of drug-likeness (QED) is 0.324. The van der Waals surface area contributed by atoms with Gasteiger partial charge in [-0.2, -0.15) is 0 Å². The minimum absolute atomic E-state index is 0.645. The molecule has 0 heterocycles. The molecule has 6 heteroatoms. The number of hydrogen-bond acceptors (Lipinski definition) is 2. The molecule has 29 heavy (non-hydrogen) atoms. The van der Waals surface area contributed by atoms with Gasteiger partial charge in [0.2, 0.25) is 0 Å². The lowest BCUT2D eigenvalue weighted by Crippen LogP contribution is -2.44. The van der Waals surface area contributed by atoms with Gasteiger partial charge in [0.05, 0.1) is 0 Å². The molecule has 0 atom stereocenters. The van der Waals surface area contributed by atoms with Crippen molar-refractivity contribution in [3.05, 3.63) is 0 Å². The zero-order valence-corrected chi connectivity index (χ0v) is 21.0. The van der Waals surface area contributed by atoms with Crippen LogP contribution in [0.4, 0.5) is 0 Å². The van der Waals surface area contributed by atoms with Crippen molar-refractivity contribution in [1.82, 2.24) is 19.6 Å². The normalized spacial score (nSPS) is 10.1. The van der Waals surface area contributed by atoms with Crippen LogP contribution in [0, 0.1) is 10.8 Å². The highest BCUT2D eigenvalue weighted by Crippen LogP contribution is 2.03. The van der Waals surface area contributed by atoms with Gasteiger partial charge in [-0.15, -0.1) is 0 Å². The average molecular weight is 413 g/mol. The van der Waals surface area contributed by atoms with E-state index in [9.17, 15) is 0 Å². The van der Waals surface area contributed by atoms with Crippen LogP contribution in [0.2, 0.25) is 0 Å². The zero-order chi connectivity index (χ0) is 22.7. The topological polar surface area (TPSA) is 60.7 Å². The molecule has 2 N–H and O–H groups in total. The Bertz CT molecular complexity index is 385. The average Bonchev–Trinajstić information content (AvgIpc) is 2.72. The summed E-state index contributed by atoms with van der Waals surface area (Å²) in [5.41, 5.74) is 0. The lowest BCUT2D eigenvalue weighted by atomic mass is 10.3. The van der Waals surface area contributed by atoms with E-state index < -0.39 is 0 Å². The third-order valence-electron chi connectivity index (χ3n) is 4.92. The summed E-state index contributed by atoms with van der Waals surface area (Å²) in [7, 11) is 3.88. The Morgan fingerprint density at radius 2 is 0.897 bits per heavy atom. The summed E-state index contributed by atoms with van der Waals surface area (Å²) >= 11 is 0. The largest absolute Gasteiger partial charge is 0.349 e. The Hall–Kier alpha value is -1.46. The molecule has 0 radical (unpaired) electrons. The van der Waals surface area contributed by atoms with Gasteiger partial charge in [0.1, 0.15) is 0 Å². The molecule has 0 saturated carbocycles. The van der Waals surface area contributed by atoms with Crippen LogP contribution in [0.5, 0.6) is 0 Å². The van der Waals surface area contributed by atoms with Gasteiger partial charge in [0, 0.05) is 53.4 Å². The molecule has 0 aromatic heterocycles. The summed E-state index contributed by atoms with van der Waals surface area (Å²) in [6.07, 6.45) is 8.26. The molecule has 0 rings (SSSR count). The molecule has 0 fully saturated rings. The van der Waals surface area contributed by atoms with Gasteiger partial charge in [-0.25, -0.2) is 0 Å². The van der Waals surface area contributed by atoms with E-state index in [1.807, 2.05) is 19.0 Å². The second kappa shape index (κ2) is 19.8. The third-order valence-corrected chi connectivity index (χ3v) is 4.92. The van der Waals surface area contributed by atoms with E-state index >= 15 is 0 Å². The van der Waals surface area contributed by atoms with Gasteiger partial charge in [0.25, 0.3) is 0 Å². The van der Waals surface area contributed by atoms with Crippen LogP contribution in [0.25, 0.3) is 0 Å². The van der Waals surface area contributed by atoms with Crippen LogP contribution >= 0.6 is 0 Å². The maximum absolute atomic E-state index is 8.14. The molecular formula is C23H52N6. The highest BCUT2D eigenvalue weighted by molar-refractivity contribution is 5.77. The molecule has 0 aromatic rings. The molecule has 0 spiro atoms. The van der Waals surface area contributed by atoms with Crippen molar-refractivity contribution in [3.63, 3.8) is 0 Å².